The Bertz CT molecular complexity index is 342. The molecular weight excluding hydrogens is 196 g/mol. The highest BCUT2D eigenvalue weighted by Crippen LogP contribution is 2.19. The van der Waals surface area contributed by atoms with Crippen molar-refractivity contribution in [2.24, 2.45) is 0 Å². The monoisotopic (exact) mass is 208 g/mol. The lowest BCUT2D eigenvalue weighted by molar-refractivity contribution is 0.0572. The van der Waals surface area contributed by atoms with E-state index in [0.717, 1.165) is 5.69 Å². The van der Waals surface area contributed by atoms with Crippen LogP contribution in [0.4, 0.5) is 5.69 Å². The van der Waals surface area contributed by atoms with Crippen LogP contribution in [0.5, 0.6) is 0 Å². The van der Waals surface area contributed by atoms with E-state index in [1.165, 1.54) is 0 Å². The molecule has 1 aromatic heterocycles. The van der Waals surface area contributed by atoms with E-state index in [9.17, 15) is 15.0 Å². The molecule has 1 aliphatic heterocycles. The molecule has 0 saturated carbocycles. The molecule has 2 unspecified atom stereocenters. The Labute approximate surface area is 87.0 Å². The Hall–Kier alpha value is -1.46. The number of rotatable bonds is 2. The predicted octanol–water partition coefficient (Wildman–Crippen LogP) is -0.564. The van der Waals surface area contributed by atoms with Crippen molar-refractivity contribution in [1.29, 1.82) is 0 Å². The highest BCUT2D eigenvalue weighted by Gasteiger charge is 2.29. The summed E-state index contributed by atoms with van der Waals surface area (Å²) in [6.07, 6.45) is 0.817. The van der Waals surface area contributed by atoms with Crippen molar-refractivity contribution in [3.8, 4) is 0 Å². The van der Waals surface area contributed by atoms with E-state index < -0.39 is 12.2 Å². The van der Waals surface area contributed by atoms with Gasteiger partial charge in [0.2, 0.25) is 0 Å². The number of pyridine rings is 1. The van der Waals surface area contributed by atoms with Crippen molar-refractivity contribution in [3.63, 3.8) is 0 Å². The van der Waals surface area contributed by atoms with E-state index in [1.807, 2.05) is 4.90 Å². The highest BCUT2D eigenvalue weighted by molar-refractivity contribution is 5.72. The van der Waals surface area contributed by atoms with E-state index in [2.05, 4.69) is 4.98 Å². The predicted molar refractivity (Wildman–Crippen MR) is 53.9 cm³/mol. The molecule has 2 atom stereocenters. The molecule has 0 radical (unpaired) electrons. The number of carbonyl (C=O) groups is 1. The molecule has 2 N–H and O–H groups in total. The summed E-state index contributed by atoms with van der Waals surface area (Å²) in [6, 6.07) is 3.36. The first-order chi connectivity index (χ1) is 7.20. The van der Waals surface area contributed by atoms with Crippen LogP contribution in [0.25, 0.3) is 0 Å². The molecule has 0 amide bonds. The average molecular weight is 208 g/mol. The summed E-state index contributed by atoms with van der Waals surface area (Å²) >= 11 is 0. The first-order valence-corrected chi connectivity index (χ1v) is 4.73. The molecule has 0 aliphatic carbocycles. The van der Waals surface area contributed by atoms with Crippen LogP contribution in [0.15, 0.2) is 18.3 Å². The summed E-state index contributed by atoms with van der Waals surface area (Å²) in [5.74, 6) is 0. The van der Waals surface area contributed by atoms with Crippen LogP contribution in [0, 0.1) is 0 Å². The molecule has 80 valence electrons. The van der Waals surface area contributed by atoms with Gasteiger partial charge in [0.1, 0.15) is 5.69 Å². The molecule has 0 bridgehead atoms. The van der Waals surface area contributed by atoms with Crippen molar-refractivity contribution in [2.75, 3.05) is 18.0 Å². The molecule has 2 rings (SSSR count). The standard InChI is InChI=1S/C10H12N2O3/c13-6-7-1-2-8(3-11-7)12-4-9(14)10(15)5-12/h1-3,6,9-10,14-15H,4-5H2. The number of hydrogen-bond acceptors (Lipinski definition) is 5. The van der Waals surface area contributed by atoms with Gasteiger partial charge in [-0.15, -0.1) is 0 Å². The van der Waals surface area contributed by atoms with Gasteiger partial charge in [-0.2, -0.15) is 0 Å². The fraction of sp³-hybridized carbons (Fsp3) is 0.400. The Morgan fingerprint density at radius 3 is 2.47 bits per heavy atom. The number of aliphatic hydroxyl groups is 2. The maximum atomic E-state index is 10.4. The molecule has 15 heavy (non-hydrogen) atoms. The van der Waals surface area contributed by atoms with Crippen LogP contribution in [0.2, 0.25) is 0 Å². The first-order valence-electron chi connectivity index (χ1n) is 4.73. The number of aliphatic hydroxyl groups excluding tert-OH is 2. The second-order valence-corrected chi connectivity index (χ2v) is 3.60. The number of aldehydes is 1. The van der Waals surface area contributed by atoms with E-state index in [1.54, 1.807) is 18.3 Å². The third-order valence-electron chi connectivity index (χ3n) is 2.52. The van der Waals surface area contributed by atoms with E-state index in [4.69, 9.17) is 0 Å². The van der Waals surface area contributed by atoms with Crippen LogP contribution < -0.4 is 4.90 Å². The molecule has 0 aromatic carbocycles. The van der Waals surface area contributed by atoms with Crippen molar-refractivity contribution in [1.82, 2.24) is 4.98 Å². The number of aromatic nitrogens is 1. The van der Waals surface area contributed by atoms with Gasteiger partial charge in [-0.25, -0.2) is 0 Å². The number of nitrogens with zero attached hydrogens (tertiary/aromatic N) is 2. The van der Waals surface area contributed by atoms with Crippen molar-refractivity contribution >= 4 is 12.0 Å². The Kier molecular flexibility index (Phi) is 2.66. The third-order valence-corrected chi connectivity index (χ3v) is 2.52. The summed E-state index contributed by atoms with van der Waals surface area (Å²) in [4.78, 5) is 16.1. The van der Waals surface area contributed by atoms with Crippen LogP contribution in [0.1, 0.15) is 10.5 Å². The normalized spacial score (nSPS) is 25.6. The van der Waals surface area contributed by atoms with Gasteiger partial charge in [-0.05, 0) is 12.1 Å². The Morgan fingerprint density at radius 1 is 1.33 bits per heavy atom. The largest absolute Gasteiger partial charge is 0.389 e. The summed E-state index contributed by atoms with van der Waals surface area (Å²) in [5.41, 5.74) is 1.18. The average Bonchev–Trinajstić information content (AvgIpc) is 2.59. The fourth-order valence-electron chi connectivity index (χ4n) is 1.63. The molecule has 1 aliphatic rings. The van der Waals surface area contributed by atoms with Gasteiger partial charge in [0, 0.05) is 13.1 Å². The molecule has 5 heteroatoms. The van der Waals surface area contributed by atoms with Gasteiger partial charge in [0.15, 0.2) is 6.29 Å². The molecule has 2 heterocycles. The minimum atomic E-state index is -0.712. The number of hydrogen-bond donors (Lipinski definition) is 2. The summed E-state index contributed by atoms with van der Waals surface area (Å²) in [6.45, 7) is 0.784. The van der Waals surface area contributed by atoms with Gasteiger partial charge in [-0.3, -0.25) is 9.78 Å². The lowest BCUT2D eigenvalue weighted by atomic mass is 10.3. The Balaban J connectivity index is 2.13. The zero-order valence-corrected chi connectivity index (χ0v) is 8.08. The van der Waals surface area contributed by atoms with Gasteiger partial charge >= 0.3 is 0 Å². The zero-order valence-electron chi connectivity index (χ0n) is 8.08. The summed E-state index contributed by atoms with van der Waals surface area (Å²) in [5, 5.41) is 18.7. The first kappa shape index (κ1) is 10.1. The quantitative estimate of drug-likeness (QED) is 0.637. The molecule has 1 saturated heterocycles. The van der Waals surface area contributed by atoms with Crippen LogP contribution in [0.3, 0.4) is 0 Å². The van der Waals surface area contributed by atoms with Crippen molar-refractivity contribution in [2.45, 2.75) is 12.2 Å². The second kappa shape index (κ2) is 3.96. The van der Waals surface area contributed by atoms with Crippen LogP contribution in [-0.4, -0.2) is 46.8 Å². The smallest absolute Gasteiger partial charge is 0.168 e. The zero-order chi connectivity index (χ0) is 10.8. The number of anilines is 1. The lowest BCUT2D eigenvalue weighted by Crippen LogP contribution is -2.22. The molecule has 1 fully saturated rings. The van der Waals surface area contributed by atoms with Gasteiger partial charge in [0.25, 0.3) is 0 Å². The number of carbonyl (C=O) groups excluding carboxylic acids is 1. The van der Waals surface area contributed by atoms with Gasteiger partial charge < -0.3 is 15.1 Å². The second-order valence-electron chi connectivity index (χ2n) is 3.60. The topological polar surface area (TPSA) is 73.7 Å². The molecule has 0 spiro atoms. The Morgan fingerprint density at radius 2 is 2.00 bits per heavy atom. The fourth-order valence-corrected chi connectivity index (χ4v) is 1.63. The minimum Gasteiger partial charge on any atom is -0.389 e. The number of β-amino-alcohol motifs (C(OH)–C–C–N with tert-alkyl or cyclic N) is 2. The minimum absolute atomic E-state index is 0.374. The third kappa shape index (κ3) is 1.98. The van der Waals surface area contributed by atoms with Crippen molar-refractivity contribution < 1.29 is 15.0 Å². The maximum Gasteiger partial charge on any atom is 0.168 e. The van der Waals surface area contributed by atoms with Gasteiger partial charge in [-0.1, -0.05) is 0 Å². The molecule has 1 aromatic rings. The van der Waals surface area contributed by atoms with Gasteiger partial charge in [0.05, 0.1) is 24.1 Å². The maximum absolute atomic E-state index is 10.4. The van der Waals surface area contributed by atoms with E-state index >= 15 is 0 Å². The van der Waals surface area contributed by atoms with Crippen molar-refractivity contribution in [3.05, 3.63) is 24.0 Å². The van der Waals surface area contributed by atoms with Crippen LogP contribution in [-0.2, 0) is 0 Å². The highest BCUT2D eigenvalue weighted by atomic mass is 16.3. The SMILES string of the molecule is O=Cc1ccc(N2CC(O)C(O)C2)cn1. The summed E-state index contributed by atoms with van der Waals surface area (Å²) in [7, 11) is 0. The summed E-state index contributed by atoms with van der Waals surface area (Å²) < 4.78 is 0. The van der Waals surface area contributed by atoms with Crippen LogP contribution >= 0.6 is 0 Å². The van der Waals surface area contributed by atoms with E-state index in [-0.39, 0.29) is 0 Å². The van der Waals surface area contributed by atoms with E-state index in [0.29, 0.717) is 25.1 Å². The molecular formula is C10H12N2O3. The molecule has 5 nitrogen and oxygen atoms in total. The lowest BCUT2D eigenvalue weighted by Gasteiger charge is -2.16.